The summed E-state index contributed by atoms with van der Waals surface area (Å²) in [5.41, 5.74) is 0.330. The summed E-state index contributed by atoms with van der Waals surface area (Å²) in [6.07, 6.45) is 21.8. The van der Waals surface area contributed by atoms with E-state index in [4.69, 9.17) is 0 Å². The number of hydrogen-bond acceptors (Lipinski definition) is 4. The Morgan fingerprint density at radius 3 is 1.94 bits per heavy atom. The van der Waals surface area contributed by atoms with Crippen molar-refractivity contribution in [2.45, 2.75) is 103 Å². The van der Waals surface area contributed by atoms with Crippen LogP contribution in [-0.4, -0.2) is 28.6 Å². The fourth-order valence-electron chi connectivity index (χ4n) is 3.62. The van der Waals surface area contributed by atoms with Crippen LogP contribution in [0.2, 0.25) is 0 Å². The van der Waals surface area contributed by atoms with Crippen LogP contribution in [0.4, 0.5) is 5.69 Å². The van der Waals surface area contributed by atoms with Crippen molar-refractivity contribution in [1.29, 1.82) is 0 Å². The number of carbonyl (C=O) groups excluding carboxylic acids is 2. The molecule has 6 heteroatoms. The van der Waals surface area contributed by atoms with E-state index < -0.39 is 5.91 Å². The Kier molecular flexibility index (Phi) is 16.4. The minimum Gasteiger partial charge on any atom is -0.504 e. The molecule has 1 rings (SSSR count). The van der Waals surface area contributed by atoms with Gasteiger partial charge in [0.05, 0.1) is 0 Å². The Morgan fingerprint density at radius 2 is 1.33 bits per heavy atom. The van der Waals surface area contributed by atoms with Crippen molar-refractivity contribution in [1.82, 2.24) is 5.32 Å². The highest BCUT2D eigenvalue weighted by atomic mass is 16.3. The summed E-state index contributed by atoms with van der Waals surface area (Å²) in [5.74, 6) is -1.36. The predicted molar refractivity (Wildman–Crippen MR) is 135 cm³/mol. The van der Waals surface area contributed by atoms with Crippen LogP contribution >= 0.6 is 0 Å². The smallest absolute Gasteiger partial charge is 0.233 e. The molecule has 1 aromatic rings. The normalized spacial score (nSPS) is 11.1. The molecule has 0 atom stereocenters. The molecule has 0 saturated carbocycles. The average molecular weight is 461 g/mol. The minimum atomic E-state index is -0.460. The van der Waals surface area contributed by atoms with E-state index in [-0.39, 0.29) is 23.8 Å². The molecule has 0 saturated heterocycles. The molecule has 0 aliphatic heterocycles. The molecule has 0 radical (unpaired) electrons. The van der Waals surface area contributed by atoms with Gasteiger partial charge in [0, 0.05) is 18.3 Å². The van der Waals surface area contributed by atoms with Gasteiger partial charge in [0.15, 0.2) is 11.5 Å². The monoisotopic (exact) mass is 460 g/mol. The zero-order valence-electron chi connectivity index (χ0n) is 20.4. The third-order valence-corrected chi connectivity index (χ3v) is 5.59. The second kappa shape index (κ2) is 19.0. The van der Waals surface area contributed by atoms with Gasteiger partial charge in [-0.3, -0.25) is 9.59 Å². The van der Waals surface area contributed by atoms with Gasteiger partial charge in [0.25, 0.3) is 0 Å². The lowest BCUT2D eigenvalue weighted by molar-refractivity contribution is -0.126. The van der Waals surface area contributed by atoms with Crippen LogP contribution < -0.4 is 10.6 Å². The molecular formula is C27H44N2O4. The van der Waals surface area contributed by atoms with Crippen LogP contribution in [-0.2, 0) is 9.59 Å². The van der Waals surface area contributed by atoms with Gasteiger partial charge in [0.2, 0.25) is 11.8 Å². The van der Waals surface area contributed by atoms with Gasteiger partial charge in [-0.15, -0.1) is 0 Å². The predicted octanol–water partition coefficient (Wildman–Crippen LogP) is 6.58. The molecule has 33 heavy (non-hydrogen) atoms. The van der Waals surface area contributed by atoms with Gasteiger partial charge in [-0.05, 0) is 44.2 Å². The van der Waals surface area contributed by atoms with Crippen LogP contribution in [0.25, 0.3) is 0 Å². The van der Waals surface area contributed by atoms with Crippen molar-refractivity contribution in [3.63, 3.8) is 0 Å². The molecule has 2 amide bonds. The summed E-state index contributed by atoms with van der Waals surface area (Å²) < 4.78 is 0. The lowest BCUT2D eigenvalue weighted by Gasteiger charge is -2.07. The zero-order chi connectivity index (χ0) is 24.2. The summed E-state index contributed by atoms with van der Waals surface area (Å²) in [6.45, 7) is 2.83. The lowest BCUT2D eigenvalue weighted by atomic mass is 10.1. The number of aromatic hydroxyl groups is 2. The Labute approximate surface area is 199 Å². The number of nitrogens with one attached hydrogen (secondary N) is 2. The Balaban J connectivity index is 1.90. The van der Waals surface area contributed by atoms with Crippen molar-refractivity contribution in [3.8, 4) is 11.5 Å². The molecule has 0 aliphatic rings. The summed E-state index contributed by atoms with van der Waals surface area (Å²) in [6, 6.07) is 3.97. The molecule has 0 aromatic heterocycles. The first-order chi connectivity index (χ1) is 16.0. The van der Waals surface area contributed by atoms with Crippen LogP contribution in [0.1, 0.15) is 103 Å². The molecule has 1 aromatic carbocycles. The van der Waals surface area contributed by atoms with E-state index in [0.29, 0.717) is 12.2 Å². The van der Waals surface area contributed by atoms with E-state index >= 15 is 0 Å². The third kappa shape index (κ3) is 15.9. The highest BCUT2D eigenvalue weighted by Gasteiger charge is 2.10. The first-order valence-corrected chi connectivity index (χ1v) is 12.8. The average Bonchev–Trinajstić information content (AvgIpc) is 2.78. The van der Waals surface area contributed by atoms with E-state index in [1.165, 1.54) is 95.2 Å². The fraction of sp³-hybridized carbons (Fsp3) is 0.630. The van der Waals surface area contributed by atoms with Gasteiger partial charge >= 0.3 is 0 Å². The Bertz CT molecular complexity index is 703. The van der Waals surface area contributed by atoms with E-state index in [0.717, 1.165) is 12.8 Å². The van der Waals surface area contributed by atoms with Crippen molar-refractivity contribution < 1.29 is 19.8 Å². The Morgan fingerprint density at radius 1 is 0.758 bits per heavy atom. The number of amides is 2. The molecule has 0 unspecified atom stereocenters. The highest BCUT2D eigenvalue weighted by Crippen LogP contribution is 2.27. The SMILES string of the molecule is CCCCCCCCC=CCCCCCCCCNC(=O)CC(=O)Nc1ccc(O)c(O)c1. The van der Waals surface area contributed by atoms with Crippen molar-refractivity contribution >= 4 is 17.5 Å². The lowest BCUT2D eigenvalue weighted by Crippen LogP contribution is -2.28. The second-order valence-electron chi connectivity index (χ2n) is 8.72. The maximum Gasteiger partial charge on any atom is 0.233 e. The summed E-state index contributed by atoms with van der Waals surface area (Å²) >= 11 is 0. The number of anilines is 1. The van der Waals surface area contributed by atoms with Crippen molar-refractivity contribution in [3.05, 3.63) is 30.4 Å². The molecule has 0 bridgehead atoms. The number of phenols is 2. The van der Waals surface area contributed by atoms with Crippen LogP contribution in [0.5, 0.6) is 11.5 Å². The first-order valence-electron chi connectivity index (χ1n) is 12.8. The summed E-state index contributed by atoms with van der Waals surface area (Å²) in [5, 5.41) is 24.0. The number of rotatable bonds is 19. The number of unbranched alkanes of at least 4 members (excludes halogenated alkanes) is 12. The van der Waals surface area contributed by atoms with Gasteiger partial charge in [-0.2, -0.15) is 0 Å². The second-order valence-corrected chi connectivity index (χ2v) is 8.72. The molecule has 4 N–H and O–H groups in total. The van der Waals surface area contributed by atoms with Gasteiger partial charge in [-0.25, -0.2) is 0 Å². The van der Waals surface area contributed by atoms with Gasteiger partial charge < -0.3 is 20.8 Å². The molecule has 0 aliphatic carbocycles. The van der Waals surface area contributed by atoms with Crippen molar-refractivity contribution in [2.75, 3.05) is 11.9 Å². The van der Waals surface area contributed by atoms with Crippen molar-refractivity contribution in [2.24, 2.45) is 0 Å². The number of benzene rings is 1. The quantitative estimate of drug-likeness (QED) is 0.0616. The number of carbonyl (C=O) groups is 2. The molecule has 0 fully saturated rings. The minimum absolute atomic E-state index is 0.263. The van der Waals surface area contributed by atoms with Crippen LogP contribution in [0.15, 0.2) is 30.4 Å². The van der Waals surface area contributed by atoms with E-state index in [2.05, 4.69) is 29.7 Å². The topological polar surface area (TPSA) is 98.7 Å². The highest BCUT2D eigenvalue weighted by molar-refractivity contribution is 6.03. The Hall–Kier alpha value is -2.50. The van der Waals surface area contributed by atoms with E-state index in [9.17, 15) is 19.8 Å². The number of phenolic OH excluding ortho intramolecular Hbond substituents is 2. The molecule has 0 spiro atoms. The fourth-order valence-corrected chi connectivity index (χ4v) is 3.62. The molecular weight excluding hydrogens is 416 g/mol. The number of hydrogen-bond donors (Lipinski definition) is 4. The van der Waals surface area contributed by atoms with Crippen LogP contribution in [0, 0.1) is 0 Å². The molecule has 186 valence electrons. The third-order valence-electron chi connectivity index (χ3n) is 5.59. The molecule has 0 heterocycles. The first kappa shape index (κ1) is 28.5. The zero-order valence-corrected chi connectivity index (χ0v) is 20.4. The van der Waals surface area contributed by atoms with Gasteiger partial charge in [-0.1, -0.05) is 76.9 Å². The van der Waals surface area contributed by atoms with E-state index in [1.54, 1.807) is 0 Å². The summed E-state index contributed by atoms with van der Waals surface area (Å²) in [4.78, 5) is 23.7. The van der Waals surface area contributed by atoms with Crippen LogP contribution in [0.3, 0.4) is 0 Å². The maximum absolute atomic E-state index is 11.9. The van der Waals surface area contributed by atoms with E-state index in [1.807, 2.05) is 0 Å². The largest absolute Gasteiger partial charge is 0.504 e. The number of allylic oxidation sites excluding steroid dienone is 2. The maximum atomic E-state index is 11.9. The standard InChI is InChI=1S/C27H44N2O4/c1-2-3-4-5-6-7-8-9-10-11-12-13-14-15-16-17-20-28-26(32)22-27(33)29-23-18-19-24(30)25(31)21-23/h9-10,18-19,21,30-31H,2-8,11-17,20,22H2,1H3,(H,28,32)(H,29,33). The summed E-state index contributed by atoms with van der Waals surface area (Å²) in [7, 11) is 0. The van der Waals surface area contributed by atoms with Gasteiger partial charge in [0.1, 0.15) is 6.42 Å². The molecule has 6 nitrogen and oxygen atoms in total.